The fraction of sp³-hybridized carbons (Fsp3) is 0.316. The van der Waals surface area contributed by atoms with Gasteiger partial charge in [-0.25, -0.2) is 0 Å². The largest absolute Gasteiger partial charge is 0.366 e. The van der Waals surface area contributed by atoms with E-state index in [-0.39, 0.29) is 30.7 Å². The monoisotopic (exact) mass is 366 g/mol. The molecule has 130 valence electrons. The maximum atomic E-state index is 11.1. The lowest BCUT2D eigenvalue weighted by atomic mass is 10.0. The highest BCUT2D eigenvalue weighted by Gasteiger charge is 2.38. The van der Waals surface area contributed by atoms with Crippen LogP contribution in [0.3, 0.4) is 0 Å². The smallest absolute Gasteiger partial charge is 0.248 e. The van der Waals surface area contributed by atoms with Gasteiger partial charge < -0.3 is 5.73 Å². The first-order chi connectivity index (χ1) is 10.6. The number of nitrogens with zero attached hydrogens (tertiary/aromatic N) is 1. The fourth-order valence-electron chi connectivity index (χ4n) is 2.99. The van der Waals surface area contributed by atoms with Gasteiger partial charge in [-0.15, -0.1) is 24.8 Å². The molecule has 1 aliphatic rings. The summed E-state index contributed by atoms with van der Waals surface area (Å²) in [7, 11) is 0. The molecule has 5 heteroatoms. The van der Waals surface area contributed by atoms with Crippen LogP contribution in [0.2, 0.25) is 0 Å². The maximum absolute atomic E-state index is 11.1. The summed E-state index contributed by atoms with van der Waals surface area (Å²) in [5, 5.41) is 0. The molecule has 0 bridgehead atoms. The van der Waals surface area contributed by atoms with Gasteiger partial charge in [-0.1, -0.05) is 42.5 Å². The van der Waals surface area contributed by atoms with Crippen LogP contribution in [0.4, 0.5) is 0 Å². The molecule has 24 heavy (non-hydrogen) atoms. The molecule has 1 fully saturated rings. The van der Waals surface area contributed by atoms with Crippen molar-refractivity contribution in [2.75, 3.05) is 6.54 Å². The number of benzene rings is 2. The molecular weight excluding hydrogens is 343 g/mol. The Labute approximate surface area is 156 Å². The molecular formula is C19H24Cl2N2O. The Hall–Kier alpha value is -1.55. The Morgan fingerprint density at radius 2 is 1.75 bits per heavy atom. The first-order valence-electron chi connectivity index (χ1n) is 7.84. The SMILES string of the molecule is C[C@@H](CCc1ccc(C(N)=O)cc1)N1CC1c1ccccc1.Cl.Cl. The average Bonchev–Trinajstić information content (AvgIpc) is 3.34. The quantitative estimate of drug-likeness (QED) is 0.785. The van der Waals surface area contributed by atoms with Gasteiger partial charge in [0.05, 0.1) is 0 Å². The molecule has 1 amide bonds. The second-order valence-electron chi connectivity index (χ2n) is 6.07. The van der Waals surface area contributed by atoms with Crippen LogP contribution in [0.25, 0.3) is 0 Å². The standard InChI is InChI=1S/C19H22N2O.2ClH/c1-14(21-13-18(21)16-5-3-2-4-6-16)7-8-15-9-11-17(12-10-15)19(20)22;;/h2-6,9-12,14,18H,7-8,13H2,1H3,(H2,20,22);2*1H/t14-,18?,21?;;/m0../s1. The van der Waals surface area contributed by atoms with Gasteiger partial charge >= 0.3 is 0 Å². The third-order valence-electron chi connectivity index (χ3n) is 4.49. The topological polar surface area (TPSA) is 46.1 Å². The molecule has 0 spiro atoms. The number of primary amides is 1. The summed E-state index contributed by atoms with van der Waals surface area (Å²) in [4.78, 5) is 13.6. The number of aryl methyl sites for hydroxylation is 1. The van der Waals surface area contributed by atoms with Crippen molar-refractivity contribution in [2.45, 2.75) is 31.8 Å². The normalized spacial score (nSPS) is 19.5. The van der Waals surface area contributed by atoms with Crippen molar-refractivity contribution in [2.24, 2.45) is 5.73 Å². The van der Waals surface area contributed by atoms with Gasteiger partial charge in [0.15, 0.2) is 0 Å². The van der Waals surface area contributed by atoms with Gasteiger partial charge in [0, 0.05) is 24.2 Å². The third-order valence-corrected chi connectivity index (χ3v) is 4.49. The summed E-state index contributed by atoms with van der Waals surface area (Å²) in [5.74, 6) is -0.366. The number of halogens is 2. The van der Waals surface area contributed by atoms with Gasteiger partial charge in [-0.2, -0.15) is 0 Å². The van der Waals surface area contributed by atoms with E-state index in [0.717, 1.165) is 19.4 Å². The highest BCUT2D eigenvalue weighted by Crippen LogP contribution is 2.37. The molecule has 2 aromatic rings. The van der Waals surface area contributed by atoms with E-state index in [0.29, 0.717) is 17.6 Å². The van der Waals surface area contributed by atoms with Crippen LogP contribution in [0.15, 0.2) is 54.6 Å². The summed E-state index contributed by atoms with van der Waals surface area (Å²) in [5.41, 5.74) is 8.51. The van der Waals surface area contributed by atoms with Gasteiger partial charge in [0.25, 0.3) is 0 Å². The Kier molecular flexibility index (Phi) is 7.74. The summed E-state index contributed by atoms with van der Waals surface area (Å²) < 4.78 is 0. The van der Waals surface area contributed by atoms with E-state index in [2.05, 4.69) is 42.2 Å². The Morgan fingerprint density at radius 1 is 1.12 bits per heavy atom. The van der Waals surface area contributed by atoms with Crippen LogP contribution in [0.5, 0.6) is 0 Å². The first kappa shape index (κ1) is 20.5. The number of carbonyl (C=O) groups is 1. The molecule has 3 nitrogen and oxygen atoms in total. The van der Waals surface area contributed by atoms with E-state index in [9.17, 15) is 4.79 Å². The molecule has 3 rings (SSSR count). The van der Waals surface area contributed by atoms with Gasteiger partial charge in [0.1, 0.15) is 0 Å². The zero-order valence-corrected chi connectivity index (χ0v) is 15.4. The highest BCUT2D eigenvalue weighted by atomic mass is 35.5. The maximum Gasteiger partial charge on any atom is 0.248 e. The minimum atomic E-state index is -0.366. The number of rotatable bonds is 6. The number of amides is 1. The lowest BCUT2D eigenvalue weighted by Crippen LogP contribution is -2.16. The van der Waals surface area contributed by atoms with Crippen LogP contribution >= 0.6 is 24.8 Å². The van der Waals surface area contributed by atoms with Gasteiger partial charge in [0.2, 0.25) is 5.91 Å². The molecule has 1 aliphatic heterocycles. The highest BCUT2D eigenvalue weighted by molar-refractivity contribution is 5.92. The van der Waals surface area contributed by atoms with Crippen molar-refractivity contribution in [1.29, 1.82) is 0 Å². The lowest BCUT2D eigenvalue weighted by molar-refractivity contribution is 0.100. The number of hydrogen-bond acceptors (Lipinski definition) is 2. The molecule has 0 aromatic heterocycles. The number of hydrogen-bond donors (Lipinski definition) is 1. The fourth-order valence-corrected chi connectivity index (χ4v) is 2.99. The molecule has 2 unspecified atom stereocenters. The zero-order chi connectivity index (χ0) is 15.5. The molecule has 0 radical (unpaired) electrons. The van der Waals surface area contributed by atoms with Crippen molar-refractivity contribution < 1.29 is 4.79 Å². The molecule has 2 aromatic carbocycles. The summed E-state index contributed by atoms with van der Waals surface area (Å²) >= 11 is 0. The van der Waals surface area contributed by atoms with E-state index < -0.39 is 0 Å². The lowest BCUT2D eigenvalue weighted by Gasteiger charge is -2.14. The second-order valence-corrected chi connectivity index (χ2v) is 6.07. The Bertz CT molecular complexity index is 646. The second kappa shape index (κ2) is 9.07. The molecule has 0 saturated carbocycles. The summed E-state index contributed by atoms with van der Waals surface area (Å²) in [6, 6.07) is 19.5. The molecule has 3 atom stereocenters. The van der Waals surface area contributed by atoms with Gasteiger partial charge in [-0.05, 0) is 43.0 Å². The zero-order valence-electron chi connectivity index (χ0n) is 13.7. The molecule has 1 saturated heterocycles. The Balaban J connectivity index is 0.00000144. The predicted octanol–water partition coefficient (Wildman–Crippen LogP) is 4.01. The van der Waals surface area contributed by atoms with Gasteiger partial charge in [-0.3, -0.25) is 9.69 Å². The summed E-state index contributed by atoms with van der Waals surface area (Å²) in [6.45, 7) is 3.45. The van der Waals surface area contributed by atoms with E-state index in [4.69, 9.17) is 5.73 Å². The van der Waals surface area contributed by atoms with Crippen molar-refractivity contribution in [3.05, 3.63) is 71.3 Å². The van der Waals surface area contributed by atoms with E-state index in [1.54, 1.807) is 0 Å². The average molecular weight is 367 g/mol. The van der Waals surface area contributed by atoms with Crippen molar-refractivity contribution >= 4 is 30.7 Å². The molecule has 0 aliphatic carbocycles. The van der Waals surface area contributed by atoms with Crippen molar-refractivity contribution in [3.63, 3.8) is 0 Å². The first-order valence-corrected chi connectivity index (χ1v) is 7.84. The molecule has 1 heterocycles. The summed E-state index contributed by atoms with van der Waals surface area (Å²) in [6.07, 6.45) is 2.15. The van der Waals surface area contributed by atoms with Crippen LogP contribution < -0.4 is 5.73 Å². The van der Waals surface area contributed by atoms with Crippen LogP contribution in [0, 0.1) is 0 Å². The van der Waals surface area contributed by atoms with Crippen molar-refractivity contribution in [1.82, 2.24) is 4.90 Å². The van der Waals surface area contributed by atoms with Crippen LogP contribution in [0.1, 0.15) is 40.9 Å². The predicted molar refractivity (Wildman–Crippen MR) is 103 cm³/mol. The van der Waals surface area contributed by atoms with E-state index in [1.165, 1.54) is 11.1 Å². The molecule has 2 N–H and O–H groups in total. The number of carbonyl (C=O) groups excluding carboxylic acids is 1. The number of nitrogens with two attached hydrogens (primary N) is 1. The minimum Gasteiger partial charge on any atom is -0.366 e. The van der Waals surface area contributed by atoms with Crippen LogP contribution in [-0.2, 0) is 6.42 Å². The third kappa shape index (κ3) is 4.97. The van der Waals surface area contributed by atoms with Crippen molar-refractivity contribution in [3.8, 4) is 0 Å². The Morgan fingerprint density at radius 3 is 2.33 bits per heavy atom. The van der Waals surface area contributed by atoms with E-state index in [1.807, 2.05) is 24.3 Å². The minimum absolute atomic E-state index is 0. The van der Waals surface area contributed by atoms with Crippen LogP contribution in [-0.4, -0.2) is 23.4 Å². The van der Waals surface area contributed by atoms with E-state index >= 15 is 0 Å².